The molecule has 0 atom stereocenters. The predicted octanol–water partition coefficient (Wildman–Crippen LogP) is 6.90. The molecular weight excluding hydrogens is 502 g/mol. The van der Waals surface area contributed by atoms with Crippen molar-refractivity contribution in [1.82, 2.24) is 9.66 Å². The summed E-state index contributed by atoms with van der Waals surface area (Å²) in [5.74, 6) is 1.38. The molecule has 1 aromatic heterocycles. The van der Waals surface area contributed by atoms with Crippen LogP contribution in [0.15, 0.2) is 99.3 Å². The van der Waals surface area contributed by atoms with Crippen LogP contribution in [0, 0.1) is 0 Å². The molecule has 0 spiro atoms. The molecule has 0 unspecified atom stereocenters. The van der Waals surface area contributed by atoms with Crippen molar-refractivity contribution in [2.45, 2.75) is 26.4 Å². The van der Waals surface area contributed by atoms with Crippen LogP contribution in [0.2, 0.25) is 0 Å². The summed E-state index contributed by atoms with van der Waals surface area (Å²) >= 11 is 3.44. The lowest BCUT2D eigenvalue weighted by Crippen LogP contribution is -2.23. The maximum absolute atomic E-state index is 13.2. The first-order valence-electron chi connectivity index (χ1n) is 11.5. The van der Waals surface area contributed by atoms with Gasteiger partial charge in [0.1, 0.15) is 18.2 Å². The zero-order chi connectivity index (χ0) is 24.4. The van der Waals surface area contributed by atoms with Crippen molar-refractivity contribution in [3.63, 3.8) is 0 Å². The molecule has 5 rings (SSSR count). The maximum Gasteiger partial charge on any atom is 0.282 e. The Morgan fingerprint density at radius 3 is 2.63 bits per heavy atom. The average Bonchev–Trinajstić information content (AvgIpc) is 2.87. The van der Waals surface area contributed by atoms with E-state index in [1.807, 2.05) is 68.4 Å². The van der Waals surface area contributed by atoms with E-state index in [4.69, 9.17) is 9.72 Å². The summed E-state index contributed by atoms with van der Waals surface area (Å²) in [6.07, 6.45) is 1.67. The zero-order valence-electron chi connectivity index (χ0n) is 19.5. The average molecular weight is 526 g/mol. The molecule has 1 heterocycles. The van der Waals surface area contributed by atoms with Crippen LogP contribution in [0.5, 0.6) is 5.75 Å². The van der Waals surface area contributed by atoms with E-state index in [0.29, 0.717) is 23.3 Å². The molecule has 174 valence electrons. The minimum Gasteiger partial charge on any atom is -0.489 e. The van der Waals surface area contributed by atoms with Gasteiger partial charge in [0, 0.05) is 10.4 Å². The van der Waals surface area contributed by atoms with Gasteiger partial charge in [-0.1, -0.05) is 84.4 Å². The number of fused-ring (bicyclic) bond motifs is 2. The van der Waals surface area contributed by atoms with Gasteiger partial charge in [-0.05, 0) is 52.2 Å². The van der Waals surface area contributed by atoms with Crippen LogP contribution in [0.1, 0.15) is 36.7 Å². The normalized spacial score (nSPS) is 11.7. The highest BCUT2D eigenvalue weighted by molar-refractivity contribution is 9.10. The fraction of sp³-hybridized carbons (Fsp3) is 0.138. The highest BCUT2D eigenvalue weighted by Gasteiger charge is 2.13. The van der Waals surface area contributed by atoms with E-state index in [1.165, 1.54) is 15.4 Å². The number of aromatic nitrogens is 2. The van der Waals surface area contributed by atoms with Crippen molar-refractivity contribution in [1.29, 1.82) is 0 Å². The van der Waals surface area contributed by atoms with E-state index in [2.05, 4.69) is 45.3 Å². The highest BCUT2D eigenvalue weighted by atomic mass is 79.9. The highest BCUT2D eigenvalue weighted by Crippen LogP contribution is 2.22. The topological polar surface area (TPSA) is 56.5 Å². The third kappa shape index (κ3) is 4.88. The van der Waals surface area contributed by atoms with Gasteiger partial charge in [0.25, 0.3) is 5.56 Å². The van der Waals surface area contributed by atoms with Crippen LogP contribution in [-0.2, 0) is 6.61 Å². The SMILES string of the molecule is CC(C)c1nc2ccc(Br)cc2c(=O)n1N=Cc1cccc(OCc2cccc3ccccc23)c1. The van der Waals surface area contributed by atoms with Crippen LogP contribution >= 0.6 is 15.9 Å². The Balaban J connectivity index is 1.43. The molecule has 0 saturated heterocycles. The molecule has 0 radical (unpaired) electrons. The van der Waals surface area contributed by atoms with Crippen LogP contribution in [0.4, 0.5) is 0 Å². The standard InChI is InChI=1S/C29H24BrN3O2/c1-19(2)28-32-27-14-13-23(30)16-26(27)29(34)33(28)31-17-20-7-5-11-24(15-20)35-18-22-10-6-9-21-8-3-4-12-25(21)22/h3-17,19H,18H2,1-2H3. The summed E-state index contributed by atoms with van der Waals surface area (Å²) in [5, 5.41) is 7.42. The number of benzene rings is 4. The van der Waals surface area contributed by atoms with Crippen molar-refractivity contribution < 1.29 is 4.74 Å². The van der Waals surface area contributed by atoms with Crippen LogP contribution in [0.25, 0.3) is 21.7 Å². The first-order chi connectivity index (χ1) is 17.0. The first-order valence-corrected chi connectivity index (χ1v) is 12.2. The Morgan fingerprint density at radius 1 is 0.971 bits per heavy atom. The summed E-state index contributed by atoms with van der Waals surface area (Å²) in [4.78, 5) is 17.9. The van der Waals surface area contributed by atoms with E-state index in [-0.39, 0.29) is 11.5 Å². The second-order valence-electron chi connectivity index (χ2n) is 8.65. The monoisotopic (exact) mass is 525 g/mol. The number of halogens is 1. The van der Waals surface area contributed by atoms with E-state index in [1.54, 1.807) is 12.3 Å². The Kier molecular flexibility index (Phi) is 6.47. The quantitative estimate of drug-likeness (QED) is 0.226. The largest absolute Gasteiger partial charge is 0.489 e. The van der Waals surface area contributed by atoms with E-state index < -0.39 is 0 Å². The summed E-state index contributed by atoms with van der Waals surface area (Å²) in [6, 6.07) is 27.7. The molecule has 35 heavy (non-hydrogen) atoms. The van der Waals surface area contributed by atoms with Gasteiger partial charge in [-0.15, -0.1) is 0 Å². The summed E-state index contributed by atoms with van der Waals surface area (Å²) in [6.45, 7) is 4.46. The molecule has 0 N–H and O–H groups in total. The van der Waals surface area contributed by atoms with Gasteiger partial charge in [-0.2, -0.15) is 9.78 Å². The van der Waals surface area contributed by atoms with Crippen molar-refractivity contribution in [3.05, 3.63) is 117 Å². The minimum atomic E-state index is -0.195. The van der Waals surface area contributed by atoms with E-state index in [0.717, 1.165) is 21.3 Å². The predicted molar refractivity (Wildman–Crippen MR) is 146 cm³/mol. The Hall–Kier alpha value is -3.77. The smallest absolute Gasteiger partial charge is 0.282 e. The molecule has 0 saturated carbocycles. The first kappa shape index (κ1) is 23.0. The van der Waals surface area contributed by atoms with E-state index >= 15 is 0 Å². The molecule has 6 heteroatoms. The lowest BCUT2D eigenvalue weighted by Gasteiger charge is -2.12. The zero-order valence-corrected chi connectivity index (χ0v) is 21.1. The van der Waals surface area contributed by atoms with Crippen LogP contribution in [0.3, 0.4) is 0 Å². The van der Waals surface area contributed by atoms with Gasteiger partial charge in [-0.25, -0.2) is 4.98 Å². The lowest BCUT2D eigenvalue weighted by atomic mass is 10.1. The molecular formula is C29H24BrN3O2. The number of nitrogens with zero attached hydrogens (tertiary/aromatic N) is 3. The van der Waals surface area contributed by atoms with Crippen LogP contribution in [-0.4, -0.2) is 15.9 Å². The number of hydrogen-bond acceptors (Lipinski definition) is 4. The molecule has 0 amide bonds. The molecule has 0 aliphatic heterocycles. The minimum absolute atomic E-state index is 0.0308. The maximum atomic E-state index is 13.2. The second-order valence-corrected chi connectivity index (χ2v) is 9.56. The molecule has 0 aliphatic carbocycles. The van der Waals surface area contributed by atoms with Gasteiger partial charge in [0.15, 0.2) is 0 Å². The molecule has 5 aromatic rings. The third-order valence-electron chi connectivity index (χ3n) is 5.80. The van der Waals surface area contributed by atoms with Gasteiger partial charge in [0.2, 0.25) is 0 Å². The number of rotatable bonds is 6. The summed E-state index contributed by atoms with van der Waals surface area (Å²) in [7, 11) is 0. The molecule has 4 aromatic carbocycles. The van der Waals surface area contributed by atoms with Gasteiger partial charge in [0.05, 0.1) is 17.1 Å². The van der Waals surface area contributed by atoms with E-state index in [9.17, 15) is 4.79 Å². The van der Waals surface area contributed by atoms with Crippen molar-refractivity contribution in [2.75, 3.05) is 0 Å². The van der Waals surface area contributed by atoms with Crippen molar-refractivity contribution in [2.24, 2.45) is 5.10 Å². The summed E-state index contributed by atoms with van der Waals surface area (Å²) in [5.41, 5.74) is 2.43. The molecule has 5 nitrogen and oxygen atoms in total. The molecule has 0 bridgehead atoms. The van der Waals surface area contributed by atoms with Crippen molar-refractivity contribution >= 4 is 43.8 Å². The summed E-state index contributed by atoms with van der Waals surface area (Å²) < 4.78 is 8.32. The molecule has 0 fully saturated rings. The lowest BCUT2D eigenvalue weighted by molar-refractivity contribution is 0.307. The number of ether oxygens (including phenoxy) is 1. The number of hydrogen-bond donors (Lipinski definition) is 0. The fourth-order valence-corrected chi connectivity index (χ4v) is 4.40. The third-order valence-corrected chi connectivity index (χ3v) is 6.30. The Morgan fingerprint density at radius 2 is 1.77 bits per heavy atom. The molecule has 0 aliphatic rings. The van der Waals surface area contributed by atoms with Gasteiger partial charge < -0.3 is 4.74 Å². The van der Waals surface area contributed by atoms with Gasteiger partial charge in [-0.3, -0.25) is 4.79 Å². The Labute approximate surface area is 211 Å². The van der Waals surface area contributed by atoms with Gasteiger partial charge >= 0.3 is 0 Å². The van der Waals surface area contributed by atoms with Crippen molar-refractivity contribution in [3.8, 4) is 5.75 Å². The fourth-order valence-electron chi connectivity index (χ4n) is 4.04. The van der Waals surface area contributed by atoms with Crippen LogP contribution < -0.4 is 10.3 Å². The second kappa shape index (κ2) is 9.84. The Bertz CT molecular complexity index is 1620.